The monoisotopic (exact) mass is 451 g/mol. The summed E-state index contributed by atoms with van der Waals surface area (Å²) in [5, 5.41) is 11.2. The molecule has 1 atom stereocenters. The standard InChI is InChI=1S/C22H18ClN5O4/c23-13-4-6-15(7-5-13)28-10-14(25-26-28)12-32-19-3-1-2-16-17(19)11-27(22(16)31)18-8-9-20(29)24-21(18)30/h1-7,10,18H,8-9,11-12H2,(H,24,29,30). The van der Waals surface area contributed by atoms with Gasteiger partial charge < -0.3 is 9.64 Å². The van der Waals surface area contributed by atoms with Crippen molar-refractivity contribution in [2.45, 2.75) is 32.0 Å². The number of carbonyl (C=O) groups is 3. The Hall–Kier alpha value is -3.72. The molecule has 2 aliphatic heterocycles. The molecule has 32 heavy (non-hydrogen) atoms. The topological polar surface area (TPSA) is 106 Å². The summed E-state index contributed by atoms with van der Waals surface area (Å²) in [6, 6.07) is 11.8. The quantitative estimate of drug-likeness (QED) is 0.596. The molecule has 0 saturated carbocycles. The van der Waals surface area contributed by atoms with Crippen LogP contribution < -0.4 is 10.1 Å². The summed E-state index contributed by atoms with van der Waals surface area (Å²) in [6.07, 6.45) is 2.28. The van der Waals surface area contributed by atoms with Crippen LogP contribution >= 0.6 is 11.6 Å². The van der Waals surface area contributed by atoms with Gasteiger partial charge in [-0.15, -0.1) is 5.10 Å². The maximum atomic E-state index is 12.9. The van der Waals surface area contributed by atoms with Crippen molar-refractivity contribution in [1.82, 2.24) is 25.2 Å². The van der Waals surface area contributed by atoms with Gasteiger partial charge in [-0.1, -0.05) is 22.9 Å². The van der Waals surface area contributed by atoms with Gasteiger partial charge in [-0.3, -0.25) is 19.7 Å². The number of halogens is 1. The van der Waals surface area contributed by atoms with Crippen LogP contribution in [0.2, 0.25) is 5.02 Å². The molecule has 3 heterocycles. The lowest BCUT2D eigenvalue weighted by Crippen LogP contribution is -2.52. The van der Waals surface area contributed by atoms with Crippen LogP contribution in [0, 0.1) is 0 Å². The SMILES string of the molecule is O=C1CCC(N2Cc3c(OCc4cn(-c5ccc(Cl)cc5)nn4)cccc3C2=O)C(=O)N1. The van der Waals surface area contributed by atoms with E-state index in [0.717, 1.165) is 5.69 Å². The van der Waals surface area contributed by atoms with Crippen LogP contribution in [-0.4, -0.2) is 43.7 Å². The number of hydrogen-bond acceptors (Lipinski definition) is 6. The number of hydrogen-bond donors (Lipinski definition) is 1. The summed E-state index contributed by atoms with van der Waals surface area (Å²) < 4.78 is 7.58. The molecule has 3 amide bonds. The molecule has 2 aromatic carbocycles. The normalized spacial score (nSPS) is 18.0. The van der Waals surface area contributed by atoms with E-state index in [1.54, 1.807) is 41.2 Å². The third-order valence-corrected chi connectivity index (χ3v) is 5.80. The molecular formula is C22H18ClN5O4. The van der Waals surface area contributed by atoms with Gasteiger partial charge in [-0.2, -0.15) is 0 Å². The number of aromatic nitrogens is 3. The molecule has 1 N–H and O–H groups in total. The van der Waals surface area contributed by atoms with Crippen LogP contribution in [0.1, 0.15) is 34.5 Å². The number of nitrogens with one attached hydrogen (secondary N) is 1. The Morgan fingerprint density at radius 3 is 2.72 bits per heavy atom. The molecule has 1 unspecified atom stereocenters. The van der Waals surface area contributed by atoms with Crippen LogP contribution in [0.5, 0.6) is 5.75 Å². The minimum atomic E-state index is -0.667. The average Bonchev–Trinajstić information content (AvgIpc) is 3.38. The van der Waals surface area contributed by atoms with Gasteiger partial charge in [0.05, 0.1) is 18.4 Å². The van der Waals surface area contributed by atoms with E-state index in [1.807, 2.05) is 12.1 Å². The van der Waals surface area contributed by atoms with Gasteiger partial charge in [0.2, 0.25) is 11.8 Å². The molecule has 2 aliphatic rings. The van der Waals surface area contributed by atoms with Crippen molar-refractivity contribution in [2.75, 3.05) is 0 Å². The van der Waals surface area contributed by atoms with E-state index in [2.05, 4.69) is 15.6 Å². The number of carbonyl (C=O) groups excluding carboxylic acids is 3. The smallest absolute Gasteiger partial charge is 0.255 e. The molecule has 3 aromatic rings. The fourth-order valence-electron chi connectivity index (χ4n) is 3.93. The number of piperidine rings is 1. The molecule has 9 nitrogen and oxygen atoms in total. The highest BCUT2D eigenvalue weighted by Gasteiger charge is 2.40. The third kappa shape index (κ3) is 3.71. The highest BCUT2D eigenvalue weighted by atomic mass is 35.5. The maximum absolute atomic E-state index is 12.9. The molecule has 0 spiro atoms. The van der Waals surface area contributed by atoms with E-state index in [0.29, 0.717) is 34.0 Å². The van der Waals surface area contributed by atoms with E-state index >= 15 is 0 Å². The van der Waals surface area contributed by atoms with Gasteiger partial charge in [0.15, 0.2) is 0 Å². The third-order valence-electron chi connectivity index (χ3n) is 5.55. The lowest BCUT2D eigenvalue weighted by Gasteiger charge is -2.29. The number of imide groups is 1. The van der Waals surface area contributed by atoms with Crippen molar-refractivity contribution in [2.24, 2.45) is 0 Å². The number of rotatable bonds is 5. The first-order chi connectivity index (χ1) is 15.5. The summed E-state index contributed by atoms with van der Waals surface area (Å²) in [4.78, 5) is 38.1. The van der Waals surface area contributed by atoms with E-state index in [9.17, 15) is 14.4 Å². The first kappa shape index (κ1) is 20.2. The molecular weight excluding hydrogens is 434 g/mol. The molecule has 1 fully saturated rings. The number of amides is 3. The minimum absolute atomic E-state index is 0.163. The molecule has 0 bridgehead atoms. The van der Waals surface area contributed by atoms with E-state index < -0.39 is 11.9 Å². The number of fused-ring (bicyclic) bond motifs is 1. The van der Waals surface area contributed by atoms with Gasteiger partial charge in [0.1, 0.15) is 24.1 Å². The van der Waals surface area contributed by atoms with E-state index in [1.165, 1.54) is 4.90 Å². The lowest BCUT2D eigenvalue weighted by molar-refractivity contribution is -0.136. The van der Waals surface area contributed by atoms with Crippen LogP contribution in [0.3, 0.4) is 0 Å². The molecule has 10 heteroatoms. The summed E-state index contributed by atoms with van der Waals surface area (Å²) in [6.45, 7) is 0.407. The van der Waals surface area contributed by atoms with Crippen molar-refractivity contribution >= 4 is 29.3 Å². The Morgan fingerprint density at radius 2 is 1.94 bits per heavy atom. The van der Waals surface area contributed by atoms with Gasteiger partial charge in [-0.25, -0.2) is 4.68 Å². The Kier molecular flexibility index (Phi) is 5.10. The Morgan fingerprint density at radius 1 is 1.12 bits per heavy atom. The number of nitrogens with zero attached hydrogens (tertiary/aromatic N) is 4. The predicted molar refractivity (Wildman–Crippen MR) is 113 cm³/mol. The zero-order valence-electron chi connectivity index (χ0n) is 16.8. The van der Waals surface area contributed by atoms with Crippen LogP contribution in [-0.2, 0) is 22.7 Å². The zero-order valence-corrected chi connectivity index (χ0v) is 17.6. The van der Waals surface area contributed by atoms with Crippen molar-refractivity contribution < 1.29 is 19.1 Å². The average molecular weight is 452 g/mol. The van der Waals surface area contributed by atoms with Crippen LogP contribution in [0.4, 0.5) is 0 Å². The van der Waals surface area contributed by atoms with Gasteiger partial charge >= 0.3 is 0 Å². The van der Waals surface area contributed by atoms with Crippen LogP contribution in [0.25, 0.3) is 5.69 Å². The predicted octanol–water partition coefficient (Wildman–Crippen LogP) is 2.26. The molecule has 162 valence electrons. The lowest BCUT2D eigenvalue weighted by atomic mass is 10.0. The summed E-state index contributed by atoms with van der Waals surface area (Å²) >= 11 is 5.92. The Labute approximate surface area is 187 Å². The van der Waals surface area contributed by atoms with E-state index in [4.69, 9.17) is 16.3 Å². The highest BCUT2D eigenvalue weighted by molar-refractivity contribution is 6.30. The Balaban J connectivity index is 1.31. The van der Waals surface area contributed by atoms with Crippen molar-refractivity contribution in [3.63, 3.8) is 0 Å². The van der Waals surface area contributed by atoms with Crippen molar-refractivity contribution in [3.05, 3.63) is 70.5 Å². The summed E-state index contributed by atoms with van der Waals surface area (Å²) in [7, 11) is 0. The fraction of sp³-hybridized carbons (Fsp3) is 0.227. The van der Waals surface area contributed by atoms with Crippen molar-refractivity contribution in [3.8, 4) is 11.4 Å². The Bertz CT molecular complexity index is 1220. The number of ether oxygens (including phenoxy) is 1. The number of benzene rings is 2. The first-order valence-electron chi connectivity index (χ1n) is 10.1. The molecule has 0 aliphatic carbocycles. The second-order valence-electron chi connectivity index (χ2n) is 7.60. The summed E-state index contributed by atoms with van der Waals surface area (Å²) in [5.74, 6) is -0.449. The van der Waals surface area contributed by atoms with Gasteiger partial charge in [-0.05, 0) is 42.8 Å². The first-order valence-corrected chi connectivity index (χ1v) is 10.4. The molecule has 1 aromatic heterocycles. The maximum Gasteiger partial charge on any atom is 0.255 e. The van der Waals surface area contributed by atoms with E-state index in [-0.39, 0.29) is 31.4 Å². The highest BCUT2D eigenvalue weighted by Crippen LogP contribution is 2.33. The summed E-state index contributed by atoms with van der Waals surface area (Å²) in [5.41, 5.74) is 2.65. The second kappa shape index (κ2) is 8.08. The molecule has 1 saturated heterocycles. The largest absolute Gasteiger partial charge is 0.487 e. The van der Waals surface area contributed by atoms with Gasteiger partial charge in [0, 0.05) is 22.6 Å². The zero-order chi connectivity index (χ0) is 22.2. The second-order valence-corrected chi connectivity index (χ2v) is 8.04. The van der Waals surface area contributed by atoms with Crippen LogP contribution in [0.15, 0.2) is 48.7 Å². The minimum Gasteiger partial charge on any atom is -0.487 e. The molecule has 0 radical (unpaired) electrons. The molecule has 5 rings (SSSR count). The fourth-order valence-corrected chi connectivity index (χ4v) is 4.05. The van der Waals surface area contributed by atoms with Crippen molar-refractivity contribution in [1.29, 1.82) is 0 Å². The van der Waals surface area contributed by atoms with Gasteiger partial charge in [0.25, 0.3) is 5.91 Å².